The molecular formula is C24H43NO4. The van der Waals surface area contributed by atoms with Crippen LogP contribution in [-0.2, 0) is 9.59 Å². The van der Waals surface area contributed by atoms with E-state index in [1.54, 1.807) is 0 Å². The van der Waals surface area contributed by atoms with E-state index in [9.17, 15) is 14.7 Å². The molecule has 2 aliphatic rings. The van der Waals surface area contributed by atoms with Crippen molar-refractivity contribution in [2.45, 2.75) is 116 Å². The number of likely N-dealkylation sites (tertiary alicyclic amines) is 1. The van der Waals surface area contributed by atoms with Crippen molar-refractivity contribution < 1.29 is 19.8 Å². The number of carbonyl (C=O) groups excluding carboxylic acids is 1. The average Bonchev–Trinajstić information content (AvgIpc) is 2.71. The van der Waals surface area contributed by atoms with Gasteiger partial charge in [-0.3, -0.25) is 9.59 Å². The number of carboxylic acids is 1. The molecular weight excluding hydrogens is 366 g/mol. The lowest BCUT2D eigenvalue weighted by Crippen LogP contribution is -2.57. The van der Waals surface area contributed by atoms with Gasteiger partial charge < -0.3 is 15.1 Å². The number of hydrogen-bond donors (Lipinski definition) is 2. The number of carboxylic acid groups (broad SMARTS) is 1. The number of amides is 1. The topological polar surface area (TPSA) is 77.8 Å². The summed E-state index contributed by atoms with van der Waals surface area (Å²) in [4.78, 5) is 24.7. The minimum Gasteiger partial charge on any atom is -0.481 e. The molecule has 0 aromatic heterocycles. The van der Waals surface area contributed by atoms with E-state index in [2.05, 4.69) is 18.7 Å². The highest BCUT2D eigenvalue weighted by atomic mass is 16.4. The molecule has 0 aromatic rings. The molecule has 29 heavy (non-hydrogen) atoms. The van der Waals surface area contributed by atoms with E-state index in [0.29, 0.717) is 30.2 Å². The van der Waals surface area contributed by atoms with E-state index in [-0.39, 0.29) is 18.4 Å². The summed E-state index contributed by atoms with van der Waals surface area (Å²) in [6.45, 7) is 5.24. The molecule has 5 heteroatoms. The number of nitrogens with zero attached hydrogens (tertiary/aromatic N) is 1. The Morgan fingerprint density at radius 1 is 1.07 bits per heavy atom. The van der Waals surface area contributed by atoms with Crippen molar-refractivity contribution in [1.29, 1.82) is 0 Å². The second kappa shape index (κ2) is 12.6. The molecule has 2 N–H and O–H groups in total. The van der Waals surface area contributed by atoms with Crippen molar-refractivity contribution in [2.24, 2.45) is 17.8 Å². The summed E-state index contributed by atoms with van der Waals surface area (Å²) < 4.78 is 0. The standard InChI is InChI=1S/C24H43NO4/c1-3-5-10-18(4-2)24(29)20-14-12-19(13-15-20)21-17-22(26)25(21)16-9-7-6-8-11-23(27)28/h18-21,24,29H,3-17H2,1-2H3,(H,27,28)/t18?,19?,20?,21-,24?/m1/s1. The zero-order valence-electron chi connectivity index (χ0n) is 18.7. The van der Waals surface area contributed by atoms with Crippen LogP contribution in [0.25, 0.3) is 0 Å². The first-order valence-electron chi connectivity index (χ1n) is 12.2. The van der Waals surface area contributed by atoms with E-state index in [1.807, 2.05) is 0 Å². The summed E-state index contributed by atoms with van der Waals surface area (Å²) in [5.41, 5.74) is 0. The third-order valence-electron chi connectivity index (χ3n) is 7.42. The van der Waals surface area contributed by atoms with Gasteiger partial charge in [0.25, 0.3) is 0 Å². The Morgan fingerprint density at radius 3 is 2.34 bits per heavy atom. The minimum absolute atomic E-state index is 0.155. The number of aliphatic hydroxyl groups excluding tert-OH is 1. The molecule has 168 valence electrons. The SMILES string of the molecule is CCCCC(CC)C(O)C1CCC([C@H]2CC(=O)N2CCCCCCC(=O)O)CC1. The quantitative estimate of drug-likeness (QED) is 0.312. The molecule has 0 spiro atoms. The highest BCUT2D eigenvalue weighted by Crippen LogP contribution is 2.40. The fourth-order valence-corrected chi connectivity index (χ4v) is 5.44. The normalized spacial score (nSPS) is 26.8. The summed E-state index contributed by atoms with van der Waals surface area (Å²) in [6, 6.07) is 0.404. The van der Waals surface area contributed by atoms with E-state index in [1.165, 1.54) is 12.8 Å². The molecule has 0 bridgehead atoms. The Labute approximate surface area is 177 Å². The van der Waals surface area contributed by atoms with Crippen molar-refractivity contribution in [1.82, 2.24) is 4.90 Å². The van der Waals surface area contributed by atoms with Crippen LogP contribution in [0.3, 0.4) is 0 Å². The molecule has 5 nitrogen and oxygen atoms in total. The number of β-lactam (4-membered cyclic amide) rings is 1. The first-order chi connectivity index (χ1) is 14.0. The van der Waals surface area contributed by atoms with Crippen LogP contribution in [0, 0.1) is 17.8 Å². The molecule has 0 radical (unpaired) electrons. The minimum atomic E-state index is -0.723. The number of hydrogen-bond acceptors (Lipinski definition) is 3. The number of unbranched alkanes of at least 4 members (excludes halogenated alkanes) is 4. The second-order valence-electron chi connectivity index (χ2n) is 9.39. The lowest BCUT2D eigenvalue weighted by molar-refractivity contribution is -0.150. The van der Waals surface area contributed by atoms with Crippen molar-refractivity contribution >= 4 is 11.9 Å². The van der Waals surface area contributed by atoms with Gasteiger partial charge in [-0.1, -0.05) is 46.0 Å². The van der Waals surface area contributed by atoms with Crippen LogP contribution in [0.4, 0.5) is 0 Å². The smallest absolute Gasteiger partial charge is 0.303 e. The van der Waals surface area contributed by atoms with Crippen LogP contribution in [-0.4, -0.2) is 45.7 Å². The van der Waals surface area contributed by atoms with Gasteiger partial charge in [0, 0.05) is 25.4 Å². The van der Waals surface area contributed by atoms with Gasteiger partial charge in [-0.2, -0.15) is 0 Å². The van der Waals surface area contributed by atoms with Gasteiger partial charge in [-0.15, -0.1) is 0 Å². The lowest BCUT2D eigenvalue weighted by atomic mass is 9.71. The van der Waals surface area contributed by atoms with Gasteiger partial charge in [0.1, 0.15) is 0 Å². The van der Waals surface area contributed by atoms with Crippen LogP contribution in [0.15, 0.2) is 0 Å². The largest absolute Gasteiger partial charge is 0.481 e. The molecule has 1 saturated carbocycles. The Hall–Kier alpha value is -1.10. The van der Waals surface area contributed by atoms with Gasteiger partial charge in [0.15, 0.2) is 0 Å². The summed E-state index contributed by atoms with van der Waals surface area (Å²) in [5.74, 6) is 1.04. The second-order valence-corrected chi connectivity index (χ2v) is 9.39. The fraction of sp³-hybridized carbons (Fsp3) is 0.917. The predicted octanol–water partition coefficient (Wildman–Crippen LogP) is 5.01. The maximum absolute atomic E-state index is 12.1. The summed E-state index contributed by atoms with van der Waals surface area (Å²) in [5, 5.41) is 19.6. The summed E-state index contributed by atoms with van der Waals surface area (Å²) in [7, 11) is 0. The average molecular weight is 410 g/mol. The first-order valence-corrected chi connectivity index (χ1v) is 12.2. The van der Waals surface area contributed by atoms with Crippen LogP contribution < -0.4 is 0 Å². The van der Waals surface area contributed by atoms with E-state index < -0.39 is 5.97 Å². The highest BCUT2D eigenvalue weighted by Gasteiger charge is 2.42. The summed E-state index contributed by atoms with van der Waals surface area (Å²) >= 11 is 0. The van der Waals surface area contributed by atoms with E-state index in [0.717, 1.165) is 70.8 Å². The monoisotopic (exact) mass is 409 g/mol. The zero-order chi connectivity index (χ0) is 21.2. The molecule has 2 fully saturated rings. The highest BCUT2D eigenvalue weighted by molar-refractivity contribution is 5.83. The van der Waals surface area contributed by atoms with Gasteiger partial charge in [-0.25, -0.2) is 0 Å². The summed E-state index contributed by atoms with van der Waals surface area (Å²) in [6.07, 6.45) is 13.5. The molecule has 2 rings (SSSR count). The number of aliphatic carboxylic acids is 1. The molecule has 1 amide bonds. The lowest BCUT2D eigenvalue weighted by Gasteiger charge is -2.47. The van der Waals surface area contributed by atoms with Crippen molar-refractivity contribution in [3.8, 4) is 0 Å². The number of rotatable bonds is 14. The van der Waals surface area contributed by atoms with Crippen molar-refractivity contribution in [3.05, 3.63) is 0 Å². The van der Waals surface area contributed by atoms with Gasteiger partial charge in [-0.05, 0) is 62.7 Å². The molecule has 0 aromatic carbocycles. The van der Waals surface area contributed by atoms with E-state index in [4.69, 9.17) is 5.11 Å². The van der Waals surface area contributed by atoms with Crippen LogP contribution in [0.2, 0.25) is 0 Å². The van der Waals surface area contributed by atoms with Crippen molar-refractivity contribution in [2.75, 3.05) is 6.54 Å². The Kier molecular flexibility index (Phi) is 10.5. The predicted molar refractivity (Wildman–Crippen MR) is 116 cm³/mol. The number of aliphatic hydroxyl groups is 1. The third-order valence-corrected chi connectivity index (χ3v) is 7.42. The molecule has 2 unspecified atom stereocenters. The van der Waals surface area contributed by atoms with E-state index >= 15 is 0 Å². The zero-order valence-corrected chi connectivity index (χ0v) is 18.7. The van der Waals surface area contributed by atoms with Gasteiger partial charge in [0.05, 0.1) is 6.10 Å². The molecule has 1 saturated heterocycles. The molecule has 1 aliphatic heterocycles. The molecule has 1 aliphatic carbocycles. The number of carbonyl (C=O) groups is 2. The van der Waals surface area contributed by atoms with Crippen LogP contribution >= 0.6 is 0 Å². The van der Waals surface area contributed by atoms with Gasteiger partial charge >= 0.3 is 5.97 Å². The fourth-order valence-electron chi connectivity index (χ4n) is 5.44. The Morgan fingerprint density at radius 2 is 1.76 bits per heavy atom. The van der Waals surface area contributed by atoms with Crippen LogP contribution in [0.5, 0.6) is 0 Å². The maximum Gasteiger partial charge on any atom is 0.303 e. The first kappa shape index (κ1) is 24.2. The third kappa shape index (κ3) is 7.27. The Bertz CT molecular complexity index is 501. The van der Waals surface area contributed by atoms with Gasteiger partial charge in [0.2, 0.25) is 5.91 Å². The van der Waals surface area contributed by atoms with Crippen LogP contribution in [0.1, 0.15) is 104 Å². The Balaban J connectivity index is 1.70. The molecule has 1 heterocycles. The maximum atomic E-state index is 12.1. The molecule has 3 atom stereocenters. The van der Waals surface area contributed by atoms with Crippen molar-refractivity contribution in [3.63, 3.8) is 0 Å².